The van der Waals surface area contributed by atoms with E-state index < -0.39 is 0 Å². The maximum absolute atomic E-state index is 11.3. The van der Waals surface area contributed by atoms with Crippen LogP contribution in [0.25, 0.3) is 0 Å². The Labute approximate surface area is 168 Å². The Morgan fingerprint density at radius 2 is 2.28 bits per heavy atom. The fraction of sp³-hybridized carbons (Fsp3) is 0.524. The first kappa shape index (κ1) is 20.3. The first-order chi connectivity index (χ1) is 11.6. The van der Waals surface area contributed by atoms with Crippen LogP contribution in [0.3, 0.4) is 0 Å². The van der Waals surface area contributed by atoms with Crippen LogP contribution < -0.4 is 34.0 Å². The maximum atomic E-state index is 11.3. The second-order valence-electron chi connectivity index (χ2n) is 7.20. The molecule has 0 radical (unpaired) electrons. The number of hydrogen-bond acceptors (Lipinski definition) is 3. The van der Waals surface area contributed by atoms with Gasteiger partial charge in [0, 0.05) is 18.4 Å². The number of rotatable bonds is 4. The molecule has 0 amide bonds. The lowest BCUT2D eigenvalue weighted by Gasteiger charge is -2.43. The number of hydrogen-bond donors (Lipinski definition) is 1. The van der Waals surface area contributed by atoms with Gasteiger partial charge in [-0.3, -0.25) is 10.1 Å². The molecule has 2 atom stereocenters. The third kappa shape index (κ3) is 4.59. The summed E-state index contributed by atoms with van der Waals surface area (Å²) in [6.45, 7) is 6.35. The zero-order valence-corrected chi connectivity index (χ0v) is 17.2. The lowest BCUT2D eigenvalue weighted by Crippen LogP contribution is -3.00. The van der Waals surface area contributed by atoms with E-state index in [1.807, 2.05) is 18.2 Å². The van der Waals surface area contributed by atoms with Gasteiger partial charge in [0.05, 0.1) is 6.42 Å². The average molecular weight is 453 g/mol. The van der Waals surface area contributed by atoms with Gasteiger partial charge in [-0.1, -0.05) is 31.6 Å². The lowest BCUT2D eigenvalue weighted by atomic mass is 9.64. The monoisotopic (exact) mass is 453 g/mol. The van der Waals surface area contributed by atoms with Crippen LogP contribution in [-0.2, 0) is 10.2 Å². The largest absolute Gasteiger partial charge is 1.00 e. The number of allylic oxidation sites excluding steroid dienone is 1. The maximum Gasteiger partial charge on any atom is 0.308 e. The minimum atomic E-state index is -0.259. The summed E-state index contributed by atoms with van der Waals surface area (Å²) in [6, 6.07) is 8.69. The van der Waals surface area contributed by atoms with Crippen molar-refractivity contribution >= 4 is 5.97 Å². The number of ether oxygens (including phenoxy) is 1. The van der Waals surface area contributed by atoms with Crippen molar-refractivity contribution in [1.29, 1.82) is 0 Å². The zero-order chi connectivity index (χ0) is 17.0. The molecule has 2 fully saturated rings. The molecular weight excluding hydrogens is 425 g/mol. The third-order valence-electron chi connectivity index (χ3n) is 5.66. The van der Waals surface area contributed by atoms with E-state index in [0.29, 0.717) is 11.8 Å². The summed E-state index contributed by atoms with van der Waals surface area (Å²) in [4.78, 5) is 11.3. The molecule has 1 aromatic carbocycles. The normalized spacial score (nSPS) is 26.0. The van der Waals surface area contributed by atoms with Gasteiger partial charge >= 0.3 is 5.97 Å². The quantitative estimate of drug-likeness (QED) is 0.246. The highest BCUT2D eigenvalue weighted by Crippen LogP contribution is 2.46. The molecule has 3 nitrogen and oxygen atoms in total. The van der Waals surface area contributed by atoms with Crippen molar-refractivity contribution in [3.8, 4) is 5.75 Å². The SMILES string of the molecule is C=CC[C+]1CC[C@]2(c3cccc(OC(C)=O)c3)CCCC[C@H]2NC1.[I-]. The molecule has 1 aliphatic carbocycles. The van der Waals surface area contributed by atoms with Gasteiger partial charge in [0.2, 0.25) is 0 Å². The minimum Gasteiger partial charge on any atom is -1.00 e. The van der Waals surface area contributed by atoms with Gasteiger partial charge in [0.1, 0.15) is 24.6 Å². The summed E-state index contributed by atoms with van der Waals surface area (Å²) >= 11 is 0. The number of carbonyl (C=O) groups is 1. The van der Waals surface area contributed by atoms with Crippen molar-refractivity contribution in [1.82, 2.24) is 5.32 Å². The molecule has 1 heterocycles. The van der Waals surface area contributed by atoms with E-state index >= 15 is 0 Å². The Morgan fingerprint density at radius 1 is 1.44 bits per heavy atom. The van der Waals surface area contributed by atoms with Crippen LogP contribution in [-0.4, -0.2) is 18.6 Å². The molecule has 0 bridgehead atoms. The van der Waals surface area contributed by atoms with Crippen molar-refractivity contribution in [3.63, 3.8) is 0 Å². The third-order valence-corrected chi connectivity index (χ3v) is 5.66. The predicted octanol–water partition coefficient (Wildman–Crippen LogP) is 1.33. The van der Waals surface area contributed by atoms with Crippen molar-refractivity contribution in [2.45, 2.75) is 63.3 Å². The van der Waals surface area contributed by atoms with Crippen LogP contribution in [0.2, 0.25) is 0 Å². The number of esters is 1. The molecule has 25 heavy (non-hydrogen) atoms. The smallest absolute Gasteiger partial charge is 0.308 e. The standard InChI is InChI=1S/C21H28NO2.HI/c1-3-7-17-11-13-21(12-5-4-10-20(21)22-15-17)18-8-6-9-19(14-18)24-16(2)23;/h3,6,8-9,14,20,22H,1,4-5,7,10-13,15H2,2H3;1H/q+1;/p-1/t20-,21+;/m1./s1. The summed E-state index contributed by atoms with van der Waals surface area (Å²) in [7, 11) is 0. The van der Waals surface area contributed by atoms with Crippen LogP contribution in [0.1, 0.15) is 57.4 Å². The molecule has 1 saturated carbocycles. The molecule has 1 aromatic rings. The Bertz CT molecular complexity index is 603. The van der Waals surface area contributed by atoms with Crippen molar-refractivity contribution in [3.05, 3.63) is 48.4 Å². The Balaban J connectivity index is 0.00000225. The fourth-order valence-electron chi connectivity index (χ4n) is 4.50. The average Bonchev–Trinajstić information content (AvgIpc) is 2.76. The highest BCUT2D eigenvalue weighted by Gasteiger charge is 2.46. The van der Waals surface area contributed by atoms with Gasteiger partial charge in [0.25, 0.3) is 0 Å². The van der Waals surface area contributed by atoms with Crippen LogP contribution in [0.4, 0.5) is 0 Å². The van der Waals surface area contributed by atoms with Crippen molar-refractivity contribution in [2.24, 2.45) is 0 Å². The first-order valence-corrected chi connectivity index (χ1v) is 9.11. The minimum absolute atomic E-state index is 0. The first-order valence-electron chi connectivity index (χ1n) is 9.11. The van der Waals surface area contributed by atoms with Gasteiger partial charge < -0.3 is 28.7 Å². The molecule has 0 unspecified atom stereocenters. The lowest BCUT2D eigenvalue weighted by molar-refractivity contribution is -0.131. The van der Waals surface area contributed by atoms with Gasteiger partial charge in [-0.05, 0) is 43.0 Å². The Kier molecular flexibility index (Phi) is 7.37. The van der Waals surface area contributed by atoms with Gasteiger partial charge in [-0.25, -0.2) is 0 Å². The summed E-state index contributed by atoms with van der Waals surface area (Å²) < 4.78 is 5.34. The van der Waals surface area contributed by atoms with E-state index in [0.717, 1.165) is 25.8 Å². The highest BCUT2D eigenvalue weighted by atomic mass is 127. The topological polar surface area (TPSA) is 38.3 Å². The highest BCUT2D eigenvalue weighted by molar-refractivity contribution is 5.69. The second kappa shape index (κ2) is 9.08. The van der Waals surface area contributed by atoms with Crippen LogP contribution in [0.5, 0.6) is 5.75 Å². The van der Waals surface area contributed by atoms with Crippen LogP contribution in [0, 0.1) is 5.92 Å². The zero-order valence-electron chi connectivity index (χ0n) is 15.0. The Hall–Kier alpha value is -1.01. The fourth-order valence-corrected chi connectivity index (χ4v) is 4.50. The summed E-state index contributed by atoms with van der Waals surface area (Å²) in [5.74, 6) is 1.96. The van der Waals surface area contributed by atoms with Gasteiger partial charge in [-0.2, -0.15) is 0 Å². The molecule has 136 valence electrons. The number of carbonyl (C=O) groups excluding carboxylic acids is 1. The molecule has 1 aliphatic heterocycles. The molecule has 4 heteroatoms. The van der Waals surface area contributed by atoms with Gasteiger partial charge in [0.15, 0.2) is 0 Å². The van der Waals surface area contributed by atoms with E-state index in [9.17, 15) is 4.79 Å². The molecule has 0 aromatic heterocycles. The van der Waals surface area contributed by atoms with Crippen LogP contribution >= 0.6 is 0 Å². The number of fused-ring (bicyclic) bond motifs is 1. The second-order valence-corrected chi connectivity index (χ2v) is 7.20. The summed E-state index contributed by atoms with van der Waals surface area (Å²) in [6.07, 6.45) is 10.3. The van der Waals surface area contributed by atoms with Gasteiger partial charge in [-0.15, -0.1) is 0 Å². The van der Waals surface area contributed by atoms with E-state index in [1.165, 1.54) is 38.2 Å². The van der Waals surface area contributed by atoms with E-state index in [1.54, 1.807) is 5.92 Å². The van der Waals surface area contributed by atoms with E-state index in [4.69, 9.17) is 4.74 Å². The molecule has 0 spiro atoms. The number of halogens is 1. The van der Waals surface area contributed by atoms with Crippen molar-refractivity contribution < 1.29 is 33.5 Å². The van der Waals surface area contributed by atoms with Crippen molar-refractivity contribution in [2.75, 3.05) is 6.54 Å². The molecular formula is C21H28INO2. The summed E-state index contributed by atoms with van der Waals surface area (Å²) in [5, 5.41) is 3.83. The Morgan fingerprint density at radius 3 is 3.04 bits per heavy atom. The molecule has 1 saturated heterocycles. The molecule has 3 rings (SSSR count). The number of nitrogens with one attached hydrogen (secondary N) is 1. The molecule has 2 aliphatic rings. The van der Waals surface area contributed by atoms with Crippen LogP contribution in [0.15, 0.2) is 36.9 Å². The predicted molar refractivity (Wildman–Crippen MR) is 97.0 cm³/mol. The number of benzene rings is 1. The summed E-state index contributed by atoms with van der Waals surface area (Å²) in [5.41, 5.74) is 1.47. The van der Waals surface area contributed by atoms with E-state index in [-0.39, 0.29) is 35.4 Å². The van der Waals surface area contributed by atoms with E-state index in [2.05, 4.69) is 24.0 Å². The molecule has 1 N–H and O–H groups in total.